The summed E-state index contributed by atoms with van der Waals surface area (Å²) in [6, 6.07) is 6.26. The van der Waals surface area contributed by atoms with E-state index in [9.17, 15) is 9.59 Å². The molecule has 0 aromatic heterocycles. The third kappa shape index (κ3) is 5.09. The summed E-state index contributed by atoms with van der Waals surface area (Å²) in [5, 5.41) is 5.67. The molecule has 0 unspecified atom stereocenters. The van der Waals surface area contributed by atoms with Gasteiger partial charge in [-0.15, -0.1) is 0 Å². The van der Waals surface area contributed by atoms with Crippen molar-refractivity contribution in [2.75, 3.05) is 12.4 Å². The highest BCUT2D eigenvalue weighted by atomic mass is 35.5. The summed E-state index contributed by atoms with van der Waals surface area (Å²) in [6.45, 7) is 3.93. The van der Waals surface area contributed by atoms with Crippen molar-refractivity contribution in [2.24, 2.45) is 5.92 Å². The molecule has 0 spiro atoms. The summed E-state index contributed by atoms with van der Waals surface area (Å²) in [6.07, 6.45) is -0.129. The molecule has 0 aliphatic carbocycles. The summed E-state index contributed by atoms with van der Waals surface area (Å²) in [5.74, 6) is -0.0775. The van der Waals surface area contributed by atoms with Gasteiger partial charge in [0, 0.05) is 0 Å². The van der Waals surface area contributed by atoms with Crippen molar-refractivity contribution in [1.29, 1.82) is 0 Å². The molecule has 2 amide bonds. The SMILES string of the molecule is COC(=O)N[C@H](CC(C)C)C(=O)Nc1ccccc1Cl. The lowest BCUT2D eigenvalue weighted by molar-refractivity contribution is -0.118. The Kier molecular flexibility index (Phi) is 6.31. The van der Waals surface area contributed by atoms with Crippen molar-refractivity contribution in [3.8, 4) is 0 Å². The van der Waals surface area contributed by atoms with Gasteiger partial charge < -0.3 is 15.4 Å². The Hall–Kier alpha value is -1.75. The van der Waals surface area contributed by atoms with Crippen LogP contribution >= 0.6 is 11.6 Å². The molecule has 0 saturated heterocycles. The second kappa shape index (κ2) is 7.75. The average molecular weight is 299 g/mol. The number of alkyl carbamates (subject to hydrolysis) is 1. The van der Waals surface area contributed by atoms with Crippen molar-refractivity contribution in [1.82, 2.24) is 5.32 Å². The first kappa shape index (κ1) is 16.3. The van der Waals surface area contributed by atoms with Crippen LogP contribution in [-0.2, 0) is 9.53 Å². The lowest BCUT2D eigenvalue weighted by Crippen LogP contribution is -2.44. The Morgan fingerprint density at radius 3 is 2.50 bits per heavy atom. The molecule has 0 aliphatic heterocycles. The van der Waals surface area contributed by atoms with Gasteiger partial charge in [-0.1, -0.05) is 37.6 Å². The van der Waals surface area contributed by atoms with Crippen molar-refractivity contribution < 1.29 is 14.3 Å². The van der Waals surface area contributed by atoms with Gasteiger partial charge in [0.1, 0.15) is 6.04 Å². The number of halogens is 1. The quantitative estimate of drug-likeness (QED) is 0.878. The van der Waals surface area contributed by atoms with Gasteiger partial charge in [0.2, 0.25) is 5.91 Å². The summed E-state index contributed by atoms with van der Waals surface area (Å²) in [7, 11) is 1.26. The van der Waals surface area contributed by atoms with Crippen molar-refractivity contribution in [3.63, 3.8) is 0 Å². The van der Waals surface area contributed by atoms with Gasteiger partial charge in [-0.3, -0.25) is 4.79 Å². The molecule has 20 heavy (non-hydrogen) atoms. The Morgan fingerprint density at radius 2 is 1.95 bits per heavy atom. The highest BCUT2D eigenvalue weighted by molar-refractivity contribution is 6.33. The fourth-order valence-electron chi connectivity index (χ4n) is 1.69. The van der Waals surface area contributed by atoms with Gasteiger partial charge >= 0.3 is 6.09 Å². The number of methoxy groups -OCH3 is 1. The minimum atomic E-state index is -0.668. The van der Waals surface area contributed by atoms with Gasteiger partial charge in [0.05, 0.1) is 17.8 Å². The minimum absolute atomic E-state index is 0.245. The van der Waals surface area contributed by atoms with E-state index in [0.29, 0.717) is 17.1 Å². The zero-order valence-corrected chi connectivity index (χ0v) is 12.5. The molecule has 0 saturated carbocycles. The molecule has 0 aliphatic rings. The van der Waals surface area contributed by atoms with Crippen LogP contribution in [0.4, 0.5) is 10.5 Å². The number of anilines is 1. The molecule has 110 valence electrons. The second-order valence-electron chi connectivity index (χ2n) is 4.79. The monoisotopic (exact) mass is 298 g/mol. The van der Waals surface area contributed by atoms with Gasteiger partial charge in [-0.25, -0.2) is 4.79 Å². The molecule has 1 rings (SSSR count). The molecule has 0 bridgehead atoms. The number of rotatable bonds is 5. The minimum Gasteiger partial charge on any atom is -0.453 e. The first-order valence-electron chi connectivity index (χ1n) is 6.34. The van der Waals surface area contributed by atoms with Crippen LogP contribution < -0.4 is 10.6 Å². The number of carbonyl (C=O) groups is 2. The average Bonchev–Trinajstić information content (AvgIpc) is 2.39. The fraction of sp³-hybridized carbons (Fsp3) is 0.429. The standard InChI is InChI=1S/C14H19ClN2O3/c1-9(2)8-12(17-14(19)20-3)13(18)16-11-7-5-4-6-10(11)15/h4-7,9,12H,8H2,1-3H3,(H,16,18)(H,17,19)/t12-/m1/s1. The van der Waals surface area contributed by atoms with Gasteiger partial charge in [-0.05, 0) is 24.5 Å². The summed E-state index contributed by atoms with van der Waals surface area (Å²) < 4.78 is 4.53. The molecule has 6 heteroatoms. The number of carbonyl (C=O) groups excluding carboxylic acids is 2. The molecule has 5 nitrogen and oxygen atoms in total. The van der Waals surface area contributed by atoms with E-state index in [1.165, 1.54) is 7.11 Å². The first-order chi connectivity index (χ1) is 9.43. The lowest BCUT2D eigenvalue weighted by atomic mass is 10.0. The highest BCUT2D eigenvalue weighted by Crippen LogP contribution is 2.21. The van der Waals surface area contributed by atoms with Gasteiger partial charge in [0.15, 0.2) is 0 Å². The number of para-hydroxylation sites is 1. The zero-order valence-electron chi connectivity index (χ0n) is 11.8. The highest BCUT2D eigenvalue weighted by Gasteiger charge is 2.22. The van der Waals surface area contributed by atoms with Crippen LogP contribution in [0.2, 0.25) is 5.02 Å². The molecule has 1 atom stereocenters. The van der Waals surface area contributed by atoms with E-state index in [4.69, 9.17) is 11.6 Å². The van der Waals surface area contributed by atoms with Gasteiger partial charge in [0.25, 0.3) is 0 Å². The normalized spacial score (nSPS) is 11.8. The maximum atomic E-state index is 12.2. The molecule has 1 aromatic carbocycles. The maximum Gasteiger partial charge on any atom is 0.407 e. The molecular weight excluding hydrogens is 280 g/mol. The number of hydrogen-bond donors (Lipinski definition) is 2. The Bertz CT molecular complexity index is 477. The molecule has 1 aromatic rings. The van der Waals surface area contributed by atoms with Crippen LogP contribution in [0.3, 0.4) is 0 Å². The van der Waals surface area contributed by atoms with Crippen LogP contribution in [0.1, 0.15) is 20.3 Å². The lowest BCUT2D eigenvalue weighted by Gasteiger charge is -2.19. The van der Waals surface area contributed by atoms with Crippen LogP contribution in [-0.4, -0.2) is 25.2 Å². The van der Waals surface area contributed by atoms with E-state index in [-0.39, 0.29) is 11.8 Å². The van der Waals surface area contributed by atoms with E-state index in [2.05, 4.69) is 15.4 Å². The maximum absolute atomic E-state index is 12.2. The van der Waals surface area contributed by atoms with Crippen LogP contribution in [0.5, 0.6) is 0 Å². The predicted molar refractivity (Wildman–Crippen MR) is 78.9 cm³/mol. The van der Waals surface area contributed by atoms with E-state index >= 15 is 0 Å². The van der Waals surface area contributed by atoms with E-state index in [1.807, 2.05) is 13.8 Å². The molecule has 2 N–H and O–H groups in total. The van der Waals surface area contributed by atoms with Crippen molar-refractivity contribution in [2.45, 2.75) is 26.3 Å². The Labute approximate surface area is 123 Å². The number of hydrogen-bond acceptors (Lipinski definition) is 3. The number of amides is 2. The molecular formula is C14H19ClN2O3. The van der Waals surface area contributed by atoms with Crippen LogP contribution in [0.25, 0.3) is 0 Å². The third-order valence-corrected chi connectivity index (χ3v) is 2.96. The fourth-order valence-corrected chi connectivity index (χ4v) is 1.87. The van der Waals surface area contributed by atoms with Gasteiger partial charge in [-0.2, -0.15) is 0 Å². The Balaban J connectivity index is 2.77. The van der Waals surface area contributed by atoms with Crippen LogP contribution in [0.15, 0.2) is 24.3 Å². The number of nitrogens with one attached hydrogen (secondary N) is 2. The van der Waals surface area contributed by atoms with Crippen molar-refractivity contribution in [3.05, 3.63) is 29.3 Å². The second-order valence-corrected chi connectivity index (χ2v) is 5.19. The van der Waals surface area contributed by atoms with E-state index in [0.717, 1.165) is 0 Å². The zero-order chi connectivity index (χ0) is 15.1. The van der Waals surface area contributed by atoms with Crippen LogP contribution in [0, 0.1) is 5.92 Å². The Morgan fingerprint density at radius 1 is 1.30 bits per heavy atom. The number of benzene rings is 1. The number of ether oxygens (including phenoxy) is 1. The molecule has 0 radical (unpaired) electrons. The smallest absolute Gasteiger partial charge is 0.407 e. The molecule has 0 heterocycles. The third-order valence-electron chi connectivity index (χ3n) is 2.63. The summed E-state index contributed by atoms with van der Waals surface area (Å²) in [5.41, 5.74) is 0.514. The van der Waals surface area contributed by atoms with E-state index < -0.39 is 12.1 Å². The van der Waals surface area contributed by atoms with E-state index in [1.54, 1.807) is 24.3 Å². The first-order valence-corrected chi connectivity index (χ1v) is 6.71. The summed E-state index contributed by atoms with van der Waals surface area (Å²) in [4.78, 5) is 23.5. The predicted octanol–water partition coefficient (Wildman–Crippen LogP) is 3.05. The molecule has 0 fully saturated rings. The topological polar surface area (TPSA) is 67.4 Å². The largest absolute Gasteiger partial charge is 0.453 e. The summed E-state index contributed by atoms with van der Waals surface area (Å²) >= 11 is 5.98. The van der Waals surface area contributed by atoms with Crippen molar-refractivity contribution >= 4 is 29.3 Å².